The third kappa shape index (κ3) is 5.02. The lowest BCUT2D eigenvalue weighted by atomic mass is 9.87. The molecule has 0 atom stereocenters. The smallest absolute Gasteiger partial charge is 0.342 e. The molecule has 0 aliphatic rings. The lowest BCUT2D eigenvalue weighted by molar-refractivity contribution is 0.0600. The van der Waals surface area contributed by atoms with Crippen molar-refractivity contribution in [3.63, 3.8) is 0 Å². The van der Waals surface area contributed by atoms with E-state index in [2.05, 4.69) is 0 Å². The predicted octanol–water partition coefficient (Wildman–Crippen LogP) is 5.88. The van der Waals surface area contributed by atoms with Crippen LogP contribution in [0.2, 0.25) is 0 Å². The number of amides is 1. The number of benzene rings is 3. The maximum Gasteiger partial charge on any atom is 0.342 e. The number of furan rings is 1. The first-order valence-corrected chi connectivity index (χ1v) is 13.8. The highest BCUT2D eigenvalue weighted by Gasteiger charge is 2.36. The number of carbonyl (C=O) groups excluding carboxylic acids is 2. The SMILES string of the molecule is COC(=O)c1c(C)oc2ccc(N(C(=O)c3c(OC)cccc3OC)S(=O)(=O)c3ccc(C(C)(C)C)cc3)cc12. The molecule has 0 saturated heterocycles. The number of aryl methyl sites for hydroxylation is 1. The molecule has 4 aromatic rings. The van der Waals surface area contributed by atoms with Crippen molar-refractivity contribution in [1.82, 2.24) is 0 Å². The van der Waals surface area contributed by atoms with Crippen LogP contribution in [0.15, 0.2) is 70.0 Å². The van der Waals surface area contributed by atoms with Crippen LogP contribution >= 0.6 is 0 Å². The van der Waals surface area contributed by atoms with Gasteiger partial charge in [-0.2, -0.15) is 4.31 Å². The van der Waals surface area contributed by atoms with Crippen molar-refractivity contribution in [3.8, 4) is 11.5 Å². The summed E-state index contributed by atoms with van der Waals surface area (Å²) in [5.41, 5.74) is 1.07. The molecule has 3 aromatic carbocycles. The van der Waals surface area contributed by atoms with Gasteiger partial charge in [-0.25, -0.2) is 13.2 Å². The van der Waals surface area contributed by atoms with Crippen molar-refractivity contribution in [2.45, 2.75) is 38.0 Å². The minimum atomic E-state index is -4.49. The maximum atomic E-state index is 14.2. The summed E-state index contributed by atoms with van der Waals surface area (Å²) in [6.07, 6.45) is 0. The summed E-state index contributed by atoms with van der Waals surface area (Å²) in [6, 6.07) is 15.4. The van der Waals surface area contributed by atoms with Crippen LogP contribution in [-0.4, -0.2) is 41.6 Å². The Morgan fingerprint density at radius 3 is 1.98 bits per heavy atom. The Morgan fingerprint density at radius 2 is 1.45 bits per heavy atom. The molecule has 0 aliphatic carbocycles. The number of carbonyl (C=O) groups is 2. The van der Waals surface area contributed by atoms with E-state index >= 15 is 0 Å². The van der Waals surface area contributed by atoms with Crippen molar-refractivity contribution in [1.29, 1.82) is 0 Å². The predicted molar refractivity (Wildman–Crippen MR) is 151 cm³/mol. The van der Waals surface area contributed by atoms with E-state index in [0.717, 1.165) is 5.56 Å². The van der Waals surface area contributed by atoms with Gasteiger partial charge in [0.05, 0.1) is 31.9 Å². The first kappa shape index (κ1) is 28.7. The molecule has 4 rings (SSSR count). The number of anilines is 1. The standard InChI is InChI=1S/C30H31NO8S/c1-18-26(29(33)38-7)22-17-20(13-16-23(22)39-18)31(28(32)27-24(36-5)9-8-10-25(27)37-6)40(34,35)21-14-11-19(12-15-21)30(2,3)4/h8-17H,1-7H3. The lowest BCUT2D eigenvalue weighted by Gasteiger charge is -2.25. The van der Waals surface area contributed by atoms with Crippen LogP contribution in [0.5, 0.6) is 11.5 Å². The summed E-state index contributed by atoms with van der Waals surface area (Å²) in [5.74, 6) is -1.01. The zero-order valence-corrected chi connectivity index (χ0v) is 24.2. The van der Waals surface area contributed by atoms with Gasteiger partial charge in [-0.15, -0.1) is 0 Å². The number of esters is 1. The summed E-state index contributed by atoms with van der Waals surface area (Å²) in [4.78, 5) is 26.7. The van der Waals surface area contributed by atoms with Gasteiger partial charge >= 0.3 is 5.97 Å². The molecule has 0 radical (unpaired) electrons. The average molecular weight is 566 g/mol. The van der Waals surface area contributed by atoms with Crippen LogP contribution in [0, 0.1) is 6.92 Å². The van der Waals surface area contributed by atoms with E-state index in [1.807, 2.05) is 20.8 Å². The average Bonchev–Trinajstić information content (AvgIpc) is 3.26. The number of methoxy groups -OCH3 is 3. The van der Waals surface area contributed by atoms with Gasteiger partial charge in [0.15, 0.2) is 0 Å². The third-order valence-electron chi connectivity index (χ3n) is 6.56. The minimum absolute atomic E-state index is 0.0173. The first-order chi connectivity index (χ1) is 18.8. The maximum absolute atomic E-state index is 14.2. The quantitative estimate of drug-likeness (QED) is 0.256. The van der Waals surface area contributed by atoms with Gasteiger partial charge in [-0.05, 0) is 60.4 Å². The minimum Gasteiger partial charge on any atom is -0.496 e. The Balaban J connectivity index is 2.00. The molecule has 1 heterocycles. The molecule has 0 bridgehead atoms. The summed E-state index contributed by atoms with van der Waals surface area (Å²) < 4.78 is 50.6. The Kier molecular flexibility index (Phi) is 7.67. The van der Waals surface area contributed by atoms with Crippen molar-refractivity contribution in [3.05, 3.63) is 83.1 Å². The van der Waals surface area contributed by atoms with Gasteiger partial charge in [0.1, 0.15) is 34.0 Å². The van der Waals surface area contributed by atoms with E-state index in [1.54, 1.807) is 25.1 Å². The molecular weight excluding hydrogens is 534 g/mol. The summed E-state index contributed by atoms with van der Waals surface area (Å²) in [6.45, 7) is 7.64. The van der Waals surface area contributed by atoms with Crippen molar-refractivity contribution >= 4 is 38.6 Å². The van der Waals surface area contributed by atoms with Gasteiger partial charge in [-0.3, -0.25) is 4.79 Å². The van der Waals surface area contributed by atoms with Gasteiger partial charge in [-0.1, -0.05) is 39.0 Å². The molecule has 210 valence electrons. The number of hydrogen-bond acceptors (Lipinski definition) is 8. The first-order valence-electron chi connectivity index (χ1n) is 12.4. The molecular formula is C30H31NO8S. The number of hydrogen-bond donors (Lipinski definition) is 0. The molecule has 9 nitrogen and oxygen atoms in total. The molecule has 0 unspecified atom stereocenters. The molecule has 1 amide bonds. The molecule has 0 N–H and O–H groups in total. The number of sulfonamides is 1. The zero-order chi connectivity index (χ0) is 29.4. The van der Waals surface area contributed by atoms with Crippen molar-refractivity contribution < 1.29 is 36.6 Å². The number of nitrogens with zero attached hydrogens (tertiary/aromatic N) is 1. The van der Waals surface area contributed by atoms with E-state index in [4.69, 9.17) is 18.6 Å². The van der Waals surface area contributed by atoms with Crippen LogP contribution in [0.3, 0.4) is 0 Å². The van der Waals surface area contributed by atoms with Gasteiger partial charge in [0.2, 0.25) is 0 Å². The Morgan fingerprint density at radius 1 is 0.850 bits per heavy atom. The van der Waals surface area contributed by atoms with E-state index in [0.29, 0.717) is 21.0 Å². The molecule has 1 aromatic heterocycles. The van der Waals surface area contributed by atoms with E-state index in [9.17, 15) is 18.0 Å². The number of ether oxygens (including phenoxy) is 3. The summed E-state index contributed by atoms with van der Waals surface area (Å²) >= 11 is 0. The van der Waals surface area contributed by atoms with Crippen molar-refractivity contribution in [2.24, 2.45) is 0 Å². The normalized spacial score (nSPS) is 11.8. The van der Waals surface area contributed by atoms with E-state index in [-0.39, 0.29) is 38.6 Å². The fourth-order valence-electron chi connectivity index (χ4n) is 4.45. The fraction of sp³-hybridized carbons (Fsp3) is 0.267. The molecule has 0 saturated carbocycles. The second kappa shape index (κ2) is 10.7. The molecule has 10 heteroatoms. The Bertz CT molecular complexity index is 1670. The van der Waals surface area contributed by atoms with Crippen LogP contribution in [-0.2, 0) is 20.2 Å². The summed E-state index contributed by atoms with van der Waals surface area (Å²) in [7, 11) is -0.505. The van der Waals surface area contributed by atoms with Gasteiger partial charge in [0.25, 0.3) is 15.9 Å². The van der Waals surface area contributed by atoms with E-state index in [1.165, 1.54) is 63.8 Å². The molecule has 0 fully saturated rings. The second-order valence-corrected chi connectivity index (χ2v) is 11.9. The van der Waals surface area contributed by atoms with Gasteiger partial charge < -0.3 is 18.6 Å². The molecule has 40 heavy (non-hydrogen) atoms. The highest BCUT2D eigenvalue weighted by molar-refractivity contribution is 7.93. The largest absolute Gasteiger partial charge is 0.496 e. The van der Waals surface area contributed by atoms with E-state index < -0.39 is 21.9 Å². The van der Waals surface area contributed by atoms with Crippen LogP contribution < -0.4 is 13.8 Å². The Labute approximate surface area is 233 Å². The Hall–Kier alpha value is -4.31. The monoisotopic (exact) mass is 565 g/mol. The molecule has 0 spiro atoms. The highest BCUT2D eigenvalue weighted by atomic mass is 32.2. The zero-order valence-electron chi connectivity index (χ0n) is 23.4. The fourth-order valence-corrected chi connectivity index (χ4v) is 5.84. The second-order valence-electron chi connectivity index (χ2n) is 10.1. The third-order valence-corrected chi connectivity index (χ3v) is 8.28. The number of fused-ring (bicyclic) bond motifs is 1. The van der Waals surface area contributed by atoms with Crippen LogP contribution in [0.1, 0.15) is 52.8 Å². The highest BCUT2D eigenvalue weighted by Crippen LogP contribution is 2.37. The number of rotatable bonds is 7. The topological polar surface area (TPSA) is 112 Å². The van der Waals surface area contributed by atoms with Crippen LogP contribution in [0.4, 0.5) is 5.69 Å². The summed E-state index contributed by atoms with van der Waals surface area (Å²) in [5, 5.41) is 0.296. The lowest BCUT2D eigenvalue weighted by Crippen LogP contribution is -2.37. The molecule has 0 aliphatic heterocycles. The van der Waals surface area contributed by atoms with Gasteiger partial charge in [0, 0.05) is 5.39 Å². The van der Waals surface area contributed by atoms with Crippen molar-refractivity contribution in [2.75, 3.05) is 25.6 Å². The van der Waals surface area contributed by atoms with Crippen LogP contribution in [0.25, 0.3) is 11.0 Å².